The highest BCUT2D eigenvalue weighted by atomic mass is 16.5. The van der Waals surface area contributed by atoms with Gasteiger partial charge in [-0.2, -0.15) is 0 Å². The number of carboxylic acid groups (broad SMARTS) is 4. The van der Waals surface area contributed by atoms with Crippen LogP contribution in [0.15, 0.2) is 0 Å². The van der Waals surface area contributed by atoms with Gasteiger partial charge in [-0.1, -0.05) is 0 Å². The van der Waals surface area contributed by atoms with Gasteiger partial charge < -0.3 is 25.2 Å². The maximum Gasteiger partial charge on any atom is 0.317 e. The number of hydrogen-bond donors (Lipinski definition) is 4. The van der Waals surface area contributed by atoms with Crippen LogP contribution in [-0.4, -0.2) is 57.5 Å². The molecule has 0 aromatic carbocycles. The maximum atomic E-state index is 10.6. The molecule has 0 spiro atoms. The lowest BCUT2D eigenvalue weighted by molar-refractivity contribution is -0.156. The monoisotopic (exact) mass is 306 g/mol. The molecule has 0 heterocycles. The van der Waals surface area contributed by atoms with Crippen LogP contribution >= 0.6 is 0 Å². The molecule has 0 bridgehead atoms. The van der Waals surface area contributed by atoms with E-state index in [1.165, 1.54) is 0 Å². The zero-order valence-electron chi connectivity index (χ0n) is 11.2. The fourth-order valence-electron chi connectivity index (χ4n) is 1.59. The van der Waals surface area contributed by atoms with Crippen molar-refractivity contribution in [1.29, 1.82) is 0 Å². The van der Waals surface area contributed by atoms with E-state index in [2.05, 4.69) is 0 Å². The van der Waals surface area contributed by atoms with Crippen LogP contribution in [0.2, 0.25) is 0 Å². The molecule has 0 fully saturated rings. The molecule has 0 saturated carbocycles. The number of carboxylic acids is 4. The first-order chi connectivity index (χ1) is 9.77. The van der Waals surface area contributed by atoms with E-state index in [1.807, 2.05) is 0 Å². The van der Waals surface area contributed by atoms with E-state index in [0.29, 0.717) is 0 Å². The van der Waals surface area contributed by atoms with Crippen molar-refractivity contribution in [2.45, 2.75) is 25.7 Å². The van der Waals surface area contributed by atoms with Gasteiger partial charge >= 0.3 is 23.9 Å². The Morgan fingerprint density at radius 1 is 0.667 bits per heavy atom. The number of aliphatic carboxylic acids is 4. The van der Waals surface area contributed by atoms with Gasteiger partial charge in [-0.15, -0.1) is 0 Å². The molecule has 0 radical (unpaired) electrons. The van der Waals surface area contributed by atoms with Gasteiger partial charge in [0.2, 0.25) is 0 Å². The van der Waals surface area contributed by atoms with Crippen molar-refractivity contribution >= 4 is 23.9 Å². The molecule has 9 heteroatoms. The third-order valence-corrected chi connectivity index (χ3v) is 2.76. The molecule has 0 aliphatic rings. The first-order valence-corrected chi connectivity index (χ1v) is 6.26. The zero-order valence-corrected chi connectivity index (χ0v) is 11.2. The molecule has 120 valence electrons. The van der Waals surface area contributed by atoms with Gasteiger partial charge in [0.25, 0.3) is 0 Å². The van der Waals surface area contributed by atoms with Crippen molar-refractivity contribution in [2.24, 2.45) is 11.8 Å². The van der Waals surface area contributed by atoms with Gasteiger partial charge in [0, 0.05) is 13.2 Å². The average molecular weight is 306 g/mol. The normalized spacial score (nSPS) is 10.8. The fourth-order valence-corrected chi connectivity index (χ4v) is 1.59. The summed E-state index contributed by atoms with van der Waals surface area (Å²) in [6.07, 6.45) is 0.310. The molecule has 4 N–H and O–H groups in total. The van der Waals surface area contributed by atoms with Crippen molar-refractivity contribution in [3.8, 4) is 0 Å². The molecule has 0 unspecified atom stereocenters. The lowest BCUT2D eigenvalue weighted by Crippen LogP contribution is -2.24. The quantitative estimate of drug-likeness (QED) is 0.290. The van der Waals surface area contributed by atoms with Gasteiger partial charge in [-0.05, 0) is 25.7 Å². The summed E-state index contributed by atoms with van der Waals surface area (Å²) >= 11 is 0. The van der Waals surface area contributed by atoms with E-state index in [-0.39, 0.29) is 38.9 Å². The lowest BCUT2D eigenvalue weighted by Gasteiger charge is -2.09. The highest BCUT2D eigenvalue weighted by Crippen LogP contribution is 2.09. The van der Waals surface area contributed by atoms with Crippen LogP contribution in [0.4, 0.5) is 0 Å². The molecule has 0 aliphatic carbocycles. The summed E-state index contributed by atoms with van der Waals surface area (Å²) < 4.78 is 5.08. The van der Waals surface area contributed by atoms with Crippen molar-refractivity contribution in [3.05, 3.63) is 0 Å². The van der Waals surface area contributed by atoms with Crippen molar-refractivity contribution in [3.63, 3.8) is 0 Å². The summed E-state index contributed by atoms with van der Waals surface area (Å²) in [7, 11) is 0. The number of ether oxygens (including phenoxy) is 1. The second-order valence-electron chi connectivity index (χ2n) is 4.35. The topological polar surface area (TPSA) is 158 Å². The van der Waals surface area contributed by atoms with Gasteiger partial charge in [0.15, 0.2) is 11.8 Å². The van der Waals surface area contributed by atoms with Crippen LogP contribution in [-0.2, 0) is 23.9 Å². The average Bonchev–Trinajstić information content (AvgIpc) is 2.34. The zero-order chi connectivity index (χ0) is 16.4. The Hall–Kier alpha value is -2.16. The molecule has 21 heavy (non-hydrogen) atoms. The number of carbonyl (C=O) groups is 4. The van der Waals surface area contributed by atoms with Crippen LogP contribution in [0.25, 0.3) is 0 Å². The van der Waals surface area contributed by atoms with E-state index in [9.17, 15) is 19.2 Å². The Morgan fingerprint density at radius 3 is 1.19 bits per heavy atom. The van der Waals surface area contributed by atoms with E-state index >= 15 is 0 Å². The Bertz CT molecular complexity index is 326. The van der Waals surface area contributed by atoms with Gasteiger partial charge in [-0.3, -0.25) is 19.2 Å². The Kier molecular flexibility index (Phi) is 8.70. The highest BCUT2D eigenvalue weighted by molar-refractivity contribution is 5.93. The van der Waals surface area contributed by atoms with Crippen LogP contribution in [0.3, 0.4) is 0 Å². The minimum absolute atomic E-state index is 0.0719. The fraction of sp³-hybridized carbons (Fsp3) is 0.667. The Labute approximate surface area is 120 Å². The summed E-state index contributed by atoms with van der Waals surface area (Å²) in [4.78, 5) is 42.3. The first-order valence-electron chi connectivity index (χ1n) is 6.26. The van der Waals surface area contributed by atoms with Gasteiger partial charge in [0.05, 0.1) is 0 Å². The van der Waals surface area contributed by atoms with E-state index in [1.54, 1.807) is 0 Å². The molecular weight excluding hydrogens is 288 g/mol. The van der Waals surface area contributed by atoms with E-state index in [4.69, 9.17) is 25.2 Å². The summed E-state index contributed by atoms with van der Waals surface area (Å²) in [6.45, 7) is 0.254. The molecule has 0 saturated heterocycles. The standard InChI is InChI=1S/C12H18O9/c13-9(14)7(10(15)16)3-1-5-21-6-2-4-8(11(17)18)12(19)20/h7-8H,1-6H2,(H,13,14)(H,15,16)(H,17,18)(H,19,20). The molecule has 0 amide bonds. The third-order valence-electron chi connectivity index (χ3n) is 2.76. The van der Waals surface area contributed by atoms with E-state index in [0.717, 1.165) is 0 Å². The number of hydrogen-bond acceptors (Lipinski definition) is 5. The minimum Gasteiger partial charge on any atom is -0.481 e. The van der Waals surface area contributed by atoms with Crippen LogP contribution in [0.1, 0.15) is 25.7 Å². The molecular formula is C12H18O9. The smallest absolute Gasteiger partial charge is 0.317 e. The van der Waals surface area contributed by atoms with Crippen LogP contribution < -0.4 is 0 Å². The first kappa shape index (κ1) is 18.8. The minimum atomic E-state index is -1.47. The summed E-state index contributed by atoms with van der Waals surface area (Å²) in [5.74, 6) is -8.59. The van der Waals surface area contributed by atoms with Crippen molar-refractivity contribution in [1.82, 2.24) is 0 Å². The molecule has 9 nitrogen and oxygen atoms in total. The SMILES string of the molecule is O=C(O)C(CCCOCCCC(C(=O)O)C(=O)O)C(=O)O. The van der Waals surface area contributed by atoms with Crippen LogP contribution in [0.5, 0.6) is 0 Å². The lowest BCUT2D eigenvalue weighted by atomic mass is 10.0. The van der Waals surface area contributed by atoms with Gasteiger partial charge in [-0.25, -0.2) is 0 Å². The molecule has 0 aromatic heterocycles. The number of rotatable bonds is 12. The van der Waals surface area contributed by atoms with Gasteiger partial charge in [0.1, 0.15) is 0 Å². The van der Waals surface area contributed by atoms with Crippen molar-refractivity contribution < 1.29 is 44.3 Å². The van der Waals surface area contributed by atoms with Crippen LogP contribution in [0, 0.1) is 11.8 Å². The predicted molar refractivity (Wildman–Crippen MR) is 66.8 cm³/mol. The van der Waals surface area contributed by atoms with Crippen molar-refractivity contribution in [2.75, 3.05) is 13.2 Å². The maximum absolute atomic E-state index is 10.6. The Balaban J connectivity index is 3.78. The molecule has 0 atom stereocenters. The summed E-state index contributed by atoms with van der Waals surface area (Å²) in [6, 6.07) is 0. The molecule has 0 aliphatic heterocycles. The second kappa shape index (κ2) is 9.70. The molecule has 0 aromatic rings. The summed E-state index contributed by atoms with van der Waals surface area (Å²) in [5, 5.41) is 34.5. The third kappa shape index (κ3) is 7.88. The largest absolute Gasteiger partial charge is 0.481 e. The summed E-state index contributed by atoms with van der Waals surface area (Å²) in [5.41, 5.74) is 0. The predicted octanol–water partition coefficient (Wildman–Crippen LogP) is 0.134. The molecule has 0 rings (SSSR count). The highest BCUT2D eigenvalue weighted by Gasteiger charge is 2.25. The van der Waals surface area contributed by atoms with E-state index < -0.39 is 35.7 Å². The Morgan fingerprint density at radius 2 is 0.952 bits per heavy atom. The second-order valence-corrected chi connectivity index (χ2v) is 4.35.